The lowest BCUT2D eigenvalue weighted by Gasteiger charge is -2.13. The quantitative estimate of drug-likeness (QED) is 0.765. The highest BCUT2D eigenvalue weighted by atomic mass is 32.2. The van der Waals surface area contributed by atoms with Crippen LogP contribution in [0.25, 0.3) is 0 Å². The SMILES string of the molecule is CC1CCC(NS(=O)(=O)C(C)C#N)C1. The van der Waals surface area contributed by atoms with Crippen LogP contribution in [-0.2, 0) is 10.0 Å². The topological polar surface area (TPSA) is 70.0 Å². The molecule has 80 valence electrons. The number of hydrogen-bond donors (Lipinski definition) is 1. The van der Waals surface area contributed by atoms with Gasteiger partial charge in [-0.2, -0.15) is 5.26 Å². The van der Waals surface area contributed by atoms with Gasteiger partial charge in [-0.25, -0.2) is 13.1 Å². The van der Waals surface area contributed by atoms with E-state index in [2.05, 4.69) is 11.6 Å². The van der Waals surface area contributed by atoms with E-state index in [0.29, 0.717) is 5.92 Å². The Kier molecular flexibility index (Phi) is 3.51. The van der Waals surface area contributed by atoms with Gasteiger partial charge in [0.05, 0.1) is 6.07 Å². The predicted molar refractivity (Wildman–Crippen MR) is 53.9 cm³/mol. The molecule has 0 aromatic rings. The van der Waals surface area contributed by atoms with Crippen LogP contribution < -0.4 is 4.72 Å². The Labute approximate surface area is 85.4 Å². The first kappa shape index (κ1) is 11.5. The van der Waals surface area contributed by atoms with Crippen LogP contribution in [0.2, 0.25) is 0 Å². The number of rotatable bonds is 3. The van der Waals surface area contributed by atoms with E-state index in [-0.39, 0.29) is 6.04 Å². The van der Waals surface area contributed by atoms with Gasteiger partial charge in [0, 0.05) is 6.04 Å². The summed E-state index contributed by atoms with van der Waals surface area (Å²) in [4.78, 5) is 0. The maximum absolute atomic E-state index is 11.5. The van der Waals surface area contributed by atoms with Crippen molar-refractivity contribution in [3.05, 3.63) is 0 Å². The maximum atomic E-state index is 11.5. The Morgan fingerprint density at radius 1 is 1.50 bits per heavy atom. The van der Waals surface area contributed by atoms with Crippen molar-refractivity contribution in [2.75, 3.05) is 0 Å². The summed E-state index contributed by atoms with van der Waals surface area (Å²) >= 11 is 0. The molecular weight excluding hydrogens is 200 g/mol. The van der Waals surface area contributed by atoms with Crippen molar-refractivity contribution in [3.63, 3.8) is 0 Å². The molecule has 1 saturated carbocycles. The Bertz CT molecular complexity index is 331. The van der Waals surface area contributed by atoms with Gasteiger partial charge in [-0.05, 0) is 32.1 Å². The number of nitriles is 1. The first-order valence-electron chi connectivity index (χ1n) is 4.86. The summed E-state index contributed by atoms with van der Waals surface area (Å²) in [6.07, 6.45) is 2.84. The van der Waals surface area contributed by atoms with Gasteiger partial charge in [0.2, 0.25) is 10.0 Å². The lowest BCUT2D eigenvalue weighted by atomic mass is 10.1. The zero-order chi connectivity index (χ0) is 10.8. The molecule has 3 unspecified atom stereocenters. The molecule has 14 heavy (non-hydrogen) atoms. The third-order valence-electron chi connectivity index (χ3n) is 2.67. The van der Waals surface area contributed by atoms with Gasteiger partial charge < -0.3 is 0 Å². The highest BCUT2D eigenvalue weighted by molar-refractivity contribution is 7.90. The summed E-state index contributed by atoms with van der Waals surface area (Å²) in [7, 11) is -3.43. The Hall–Kier alpha value is -0.600. The third kappa shape index (κ3) is 2.69. The van der Waals surface area contributed by atoms with Crippen molar-refractivity contribution in [1.29, 1.82) is 5.26 Å². The van der Waals surface area contributed by atoms with E-state index in [4.69, 9.17) is 5.26 Å². The zero-order valence-corrected chi connectivity index (χ0v) is 9.34. The standard InChI is InChI=1S/C9H16N2O2S/c1-7-3-4-9(5-7)11-14(12,13)8(2)6-10/h7-9,11H,3-5H2,1-2H3. The van der Waals surface area contributed by atoms with Gasteiger partial charge in [-0.15, -0.1) is 0 Å². The Morgan fingerprint density at radius 3 is 2.57 bits per heavy atom. The van der Waals surface area contributed by atoms with Crippen LogP contribution >= 0.6 is 0 Å². The number of sulfonamides is 1. The molecule has 1 N–H and O–H groups in total. The molecule has 0 heterocycles. The minimum Gasteiger partial charge on any atom is -0.211 e. The smallest absolute Gasteiger partial charge is 0.211 e. The molecule has 0 spiro atoms. The molecule has 4 nitrogen and oxygen atoms in total. The third-order valence-corrected chi connectivity index (χ3v) is 4.37. The molecule has 1 aliphatic carbocycles. The van der Waals surface area contributed by atoms with Gasteiger partial charge in [-0.1, -0.05) is 6.92 Å². The van der Waals surface area contributed by atoms with E-state index >= 15 is 0 Å². The summed E-state index contributed by atoms with van der Waals surface area (Å²) < 4.78 is 25.6. The van der Waals surface area contributed by atoms with Crippen LogP contribution in [0.15, 0.2) is 0 Å². The Balaban J connectivity index is 2.57. The van der Waals surface area contributed by atoms with E-state index in [9.17, 15) is 8.42 Å². The fraction of sp³-hybridized carbons (Fsp3) is 0.889. The predicted octanol–water partition coefficient (Wildman–Crippen LogP) is 1.01. The first-order chi connectivity index (χ1) is 6.45. The monoisotopic (exact) mass is 216 g/mol. The van der Waals surface area contributed by atoms with Crippen LogP contribution in [0.3, 0.4) is 0 Å². The van der Waals surface area contributed by atoms with Gasteiger partial charge in [0.15, 0.2) is 5.25 Å². The second kappa shape index (κ2) is 4.28. The first-order valence-corrected chi connectivity index (χ1v) is 6.41. The van der Waals surface area contributed by atoms with Gasteiger partial charge in [0.25, 0.3) is 0 Å². The van der Waals surface area contributed by atoms with Crippen molar-refractivity contribution >= 4 is 10.0 Å². The summed E-state index contributed by atoms with van der Waals surface area (Å²) in [6.45, 7) is 3.52. The Morgan fingerprint density at radius 2 is 2.14 bits per heavy atom. The fourth-order valence-electron chi connectivity index (χ4n) is 1.72. The lowest BCUT2D eigenvalue weighted by Crippen LogP contribution is -2.38. The average Bonchev–Trinajstić information content (AvgIpc) is 2.48. The van der Waals surface area contributed by atoms with Crippen LogP contribution in [0.4, 0.5) is 0 Å². The highest BCUT2D eigenvalue weighted by Crippen LogP contribution is 2.25. The van der Waals surface area contributed by atoms with Crippen LogP contribution in [0.5, 0.6) is 0 Å². The van der Waals surface area contributed by atoms with Crippen molar-refractivity contribution in [2.45, 2.75) is 44.4 Å². The molecule has 0 saturated heterocycles. The maximum Gasteiger partial charge on any atom is 0.227 e. The normalized spacial score (nSPS) is 29.8. The van der Waals surface area contributed by atoms with E-state index in [1.165, 1.54) is 6.92 Å². The van der Waals surface area contributed by atoms with Crippen molar-refractivity contribution in [1.82, 2.24) is 4.72 Å². The lowest BCUT2D eigenvalue weighted by molar-refractivity contribution is 0.535. The fourth-order valence-corrected chi connectivity index (χ4v) is 2.74. The van der Waals surface area contributed by atoms with Gasteiger partial charge in [0.1, 0.15) is 0 Å². The molecule has 1 rings (SSSR count). The molecule has 0 radical (unpaired) electrons. The van der Waals surface area contributed by atoms with E-state index in [1.807, 2.05) is 0 Å². The summed E-state index contributed by atoms with van der Waals surface area (Å²) in [5.41, 5.74) is 0. The van der Waals surface area contributed by atoms with Crippen molar-refractivity contribution < 1.29 is 8.42 Å². The molecule has 0 aliphatic heterocycles. The summed E-state index contributed by atoms with van der Waals surface area (Å²) in [6, 6.07) is 1.77. The van der Waals surface area contributed by atoms with Crippen LogP contribution in [-0.4, -0.2) is 19.7 Å². The summed E-state index contributed by atoms with van der Waals surface area (Å²) in [5, 5.41) is 7.57. The minimum atomic E-state index is -3.43. The molecule has 1 fully saturated rings. The molecule has 0 bridgehead atoms. The molecule has 0 amide bonds. The molecule has 3 atom stereocenters. The number of nitrogens with zero attached hydrogens (tertiary/aromatic N) is 1. The highest BCUT2D eigenvalue weighted by Gasteiger charge is 2.28. The van der Waals surface area contributed by atoms with E-state index in [0.717, 1.165) is 19.3 Å². The molecule has 0 aromatic carbocycles. The molecule has 0 aromatic heterocycles. The van der Waals surface area contributed by atoms with E-state index in [1.54, 1.807) is 6.07 Å². The number of nitrogens with one attached hydrogen (secondary N) is 1. The minimum absolute atomic E-state index is 0.0331. The summed E-state index contributed by atoms with van der Waals surface area (Å²) in [5.74, 6) is 0.583. The molecular formula is C9H16N2O2S. The molecule has 1 aliphatic rings. The largest absolute Gasteiger partial charge is 0.227 e. The van der Waals surface area contributed by atoms with Gasteiger partial charge >= 0.3 is 0 Å². The number of hydrogen-bond acceptors (Lipinski definition) is 3. The second-order valence-corrected chi connectivity index (χ2v) is 6.08. The zero-order valence-electron chi connectivity index (χ0n) is 8.53. The van der Waals surface area contributed by atoms with Crippen molar-refractivity contribution in [3.8, 4) is 6.07 Å². The average molecular weight is 216 g/mol. The van der Waals surface area contributed by atoms with Gasteiger partial charge in [-0.3, -0.25) is 0 Å². The van der Waals surface area contributed by atoms with Crippen molar-refractivity contribution in [2.24, 2.45) is 5.92 Å². The van der Waals surface area contributed by atoms with Crippen LogP contribution in [0.1, 0.15) is 33.1 Å². The van der Waals surface area contributed by atoms with E-state index < -0.39 is 15.3 Å². The van der Waals surface area contributed by atoms with Crippen LogP contribution in [0, 0.1) is 17.2 Å². The molecule has 5 heteroatoms. The second-order valence-electron chi connectivity index (χ2n) is 4.05.